The summed E-state index contributed by atoms with van der Waals surface area (Å²) in [5, 5.41) is 0. The summed E-state index contributed by atoms with van der Waals surface area (Å²) in [6, 6.07) is 0. The molecular weight excluding hydrogens is 126 g/mol. The van der Waals surface area contributed by atoms with Crippen LogP contribution in [0.5, 0.6) is 0 Å². The summed E-state index contributed by atoms with van der Waals surface area (Å²) >= 11 is 0. The average Bonchev–Trinajstić information content (AvgIpc) is 2.47. The van der Waals surface area contributed by atoms with Crippen molar-refractivity contribution in [1.29, 1.82) is 0 Å². The van der Waals surface area contributed by atoms with Gasteiger partial charge in [-0.1, -0.05) is 6.92 Å². The van der Waals surface area contributed by atoms with E-state index in [1.807, 2.05) is 7.05 Å². The predicted octanol–water partition coefficient (Wildman–Crippen LogP) is 1.26. The van der Waals surface area contributed by atoms with Crippen LogP contribution in [0, 0.1) is 5.41 Å². The molecule has 1 amide bonds. The van der Waals surface area contributed by atoms with Crippen molar-refractivity contribution in [3.8, 4) is 0 Å². The Morgan fingerprint density at radius 1 is 1.60 bits per heavy atom. The minimum Gasteiger partial charge on any atom is -0.345 e. The van der Waals surface area contributed by atoms with E-state index in [2.05, 4.69) is 6.92 Å². The molecule has 10 heavy (non-hydrogen) atoms. The Hall–Kier alpha value is -0.530. The number of carbonyl (C=O) groups excluding carboxylic acids is 1. The second kappa shape index (κ2) is 2.26. The molecule has 2 heteroatoms. The van der Waals surface area contributed by atoms with Crippen LogP contribution in [-0.4, -0.2) is 24.4 Å². The fraction of sp³-hybridized carbons (Fsp3) is 0.875. The lowest BCUT2D eigenvalue weighted by Gasteiger charge is -2.18. The molecule has 58 valence electrons. The standard InChI is InChI=1S/C8H15NO/c1-7(10)9(3)6-8(2)4-5-8/h4-6H2,1-3H3. The van der Waals surface area contributed by atoms with E-state index in [-0.39, 0.29) is 5.91 Å². The van der Waals surface area contributed by atoms with Gasteiger partial charge in [0.15, 0.2) is 0 Å². The smallest absolute Gasteiger partial charge is 0.219 e. The largest absolute Gasteiger partial charge is 0.345 e. The van der Waals surface area contributed by atoms with Crippen molar-refractivity contribution >= 4 is 5.91 Å². The first-order chi connectivity index (χ1) is 4.53. The van der Waals surface area contributed by atoms with Crippen LogP contribution in [-0.2, 0) is 4.79 Å². The maximum Gasteiger partial charge on any atom is 0.219 e. The highest BCUT2D eigenvalue weighted by atomic mass is 16.2. The zero-order chi connectivity index (χ0) is 7.78. The van der Waals surface area contributed by atoms with E-state index >= 15 is 0 Å². The normalized spacial score (nSPS) is 20.3. The monoisotopic (exact) mass is 141 g/mol. The van der Waals surface area contributed by atoms with E-state index in [9.17, 15) is 4.79 Å². The van der Waals surface area contributed by atoms with Gasteiger partial charge >= 0.3 is 0 Å². The fourth-order valence-corrected chi connectivity index (χ4v) is 1.06. The molecule has 0 spiro atoms. The Bertz CT molecular complexity index is 149. The van der Waals surface area contributed by atoms with Gasteiger partial charge in [0.05, 0.1) is 0 Å². The van der Waals surface area contributed by atoms with Crippen LogP contribution in [0.1, 0.15) is 26.7 Å². The minimum atomic E-state index is 0.174. The first kappa shape index (κ1) is 7.58. The maximum absolute atomic E-state index is 10.8. The molecule has 0 aliphatic heterocycles. The van der Waals surface area contributed by atoms with Gasteiger partial charge in [-0.15, -0.1) is 0 Å². The van der Waals surface area contributed by atoms with Crippen molar-refractivity contribution < 1.29 is 4.79 Å². The van der Waals surface area contributed by atoms with Crippen LogP contribution in [0.3, 0.4) is 0 Å². The molecule has 1 aliphatic carbocycles. The molecule has 1 rings (SSSR count). The third-order valence-electron chi connectivity index (χ3n) is 2.26. The van der Waals surface area contributed by atoms with Gasteiger partial charge in [0, 0.05) is 20.5 Å². The molecule has 0 aromatic rings. The van der Waals surface area contributed by atoms with Gasteiger partial charge in [0.1, 0.15) is 0 Å². The number of amides is 1. The van der Waals surface area contributed by atoms with E-state index in [1.54, 1.807) is 11.8 Å². The third kappa shape index (κ3) is 1.72. The number of nitrogens with zero attached hydrogens (tertiary/aromatic N) is 1. The van der Waals surface area contributed by atoms with E-state index < -0.39 is 0 Å². The second-order valence-electron chi connectivity index (χ2n) is 3.69. The van der Waals surface area contributed by atoms with Crippen molar-refractivity contribution in [2.75, 3.05) is 13.6 Å². The Morgan fingerprint density at radius 2 is 2.10 bits per heavy atom. The highest BCUT2D eigenvalue weighted by Crippen LogP contribution is 2.45. The Labute approximate surface area is 62.2 Å². The van der Waals surface area contributed by atoms with Gasteiger partial charge < -0.3 is 4.90 Å². The zero-order valence-electron chi connectivity index (χ0n) is 6.98. The maximum atomic E-state index is 10.8. The lowest BCUT2D eigenvalue weighted by Crippen LogP contribution is -2.29. The van der Waals surface area contributed by atoms with Crippen molar-refractivity contribution in [1.82, 2.24) is 4.90 Å². The molecule has 1 saturated carbocycles. The highest BCUT2D eigenvalue weighted by Gasteiger charge is 2.38. The van der Waals surface area contributed by atoms with Crippen molar-refractivity contribution in [3.05, 3.63) is 0 Å². The second-order valence-corrected chi connectivity index (χ2v) is 3.69. The topological polar surface area (TPSA) is 20.3 Å². The molecular formula is C8H15NO. The number of hydrogen-bond acceptors (Lipinski definition) is 1. The number of carbonyl (C=O) groups is 1. The van der Waals surface area contributed by atoms with Crippen molar-refractivity contribution in [2.24, 2.45) is 5.41 Å². The molecule has 0 saturated heterocycles. The molecule has 2 nitrogen and oxygen atoms in total. The summed E-state index contributed by atoms with van der Waals surface area (Å²) in [5.41, 5.74) is 0.459. The zero-order valence-corrected chi connectivity index (χ0v) is 6.98. The van der Waals surface area contributed by atoms with Crippen LogP contribution >= 0.6 is 0 Å². The van der Waals surface area contributed by atoms with Gasteiger partial charge in [-0.2, -0.15) is 0 Å². The molecule has 0 heterocycles. The Balaban J connectivity index is 2.31. The van der Waals surface area contributed by atoms with E-state index in [1.165, 1.54) is 12.8 Å². The number of rotatable bonds is 2. The summed E-state index contributed by atoms with van der Waals surface area (Å²) < 4.78 is 0. The first-order valence-corrected chi connectivity index (χ1v) is 3.75. The van der Waals surface area contributed by atoms with Crippen molar-refractivity contribution in [2.45, 2.75) is 26.7 Å². The first-order valence-electron chi connectivity index (χ1n) is 3.75. The van der Waals surface area contributed by atoms with Gasteiger partial charge in [-0.25, -0.2) is 0 Å². The quantitative estimate of drug-likeness (QED) is 0.567. The molecule has 0 aromatic heterocycles. The van der Waals surface area contributed by atoms with Gasteiger partial charge in [0.25, 0.3) is 0 Å². The molecule has 0 atom stereocenters. The summed E-state index contributed by atoms with van der Waals surface area (Å²) in [4.78, 5) is 12.6. The number of hydrogen-bond donors (Lipinski definition) is 0. The SMILES string of the molecule is CC(=O)N(C)CC1(C)CC1. The average molecular weight is 141 g/mol. The summed E-state index contributed by atoms with van der Waals surface area (Å²) in [6.45, 7) is 4.78. The van der Waals surface area contributed by atoms with Crippen LogP contribution in [0.4, 0.5) is 0 Å². The van der Waals surface area contributed by atoms with Crippen LogP contribution < -0.4 is 0 Å². The van der Waals surface area contributed by atoms with Crippen LogP contribution in [0.25, 0.3) is 0 Å². The molecule has 0 N–H and O–H groups in total. The lowest BCUT2D eigenvalue weighted by molar-refractivity contribution is -0.128. The Kier molecular flexibility index (Phi) is 1.71. The molecule has 0 radical (unpaired) electrons. The van der Waals surface area contributed by atoms with E-state index in [0.717, 1.165) is 6.54 Å². The molecule has 0 unspecified atom stereocenters. The predicted molar refractivity (Wildman–Crippen MR) is 40.7 cm³/mol. The lowest BCUT2D eigenvalue weighted by atomic mass is 10.1. The summed E-state index contributed by atoms with van der Waals surface area (Å²) in [6.07, 6.45) is 2.56. The van der Waals surface area contributed by atoms with Gasteiger partial charge in [-0.05, 0) is 18.3 Å². The summed E-state index contributed by atoms with van der Waals surface area (Å²) in [5.74, 6) is 0.174. The third-order valence-corrected chi connectivity index (χ3v) is 2.26. The Morgan fingerprint density at radius 3 is 2.40 bits per heavy atom. The van der Waals surface area contributed by atoms with Crippen LogP contribution in [0.2, 0.25) is 0 Å². The highest BCUT2D eigenvalue weighted by molar-refractivity contribution is 5.72. The fourth-order valence-electron chi connectivity index (χ4n) is 1.06. The summed E-state index contributed by atoms with van der Waals surface area (Å²) in [7, 11) is 1.87. The minimum absolute atomic E-state index is 0.174. The molecule has 1 fully saturated rings. The van der Waals surface area contributed by atoms with E-state index in [4.69, 9.17) is 0 Å². The van der Waals surface area contributed by atoms with Gasteiger partial charge in [0.2, 0.25) is 5.91 Å². The van der Waals surface area contributed by atoms with Crippen LogP contribution in [0.15, 0.2) is 0 Å². The van der Waals surface area contributed by atoms with Crippen molar-refractivity contribution in [3.63, 3.8) is 0 Å². The molecule has 0 aromatic carbocycles. The molecule has 0 bridgehead atoms. The molecule has 1 aliphatic rings. The van der Waals surface area contributed by atoms with Gasteiger partial charge in [-0.3, -0.25) is 4.79 Å². The van der Waals surface area contributed by atoms with E-state index in [0.29, 0.717) is 5.41 Å².